The molecule has 3 aromatic rings. The zero-order valence-corrected chi connectivity index (χ0v) is 17.6. The van der Waals surface area contributed by atoms with Crippen molar-refractivity contribution in [3.63, 3.8) is 0 Å². The van der Waals surface area contributed by atoms with Crippen LogP contribution in [-0.4, -0.2) is 27.9 Å². The Bertz CT molecular complexity index is 1080. The summed E-state index contributed by atoms with van der Waals surface area (Å²) in [7, 11) is 0. The molecule has 6 heteroatoms. The predicted octanol–water partition coefficient (Wildman–Crippen LogP) is 3.75. The van der Waals surface area contributed by atoms with Crippen LogP contribution in [0.25, 0.3) is 11.0 Å². The van der Waals surface area contributed by atoms with E-state index in [0.29, 0.717) is 13.0 Å². The number of carbonyl (C=O) groups excluding carboxylic acids is 2. The molecule has 2 aromatic carbocycles. The van der Waals surface area contributed by atoms with Gasteiger partial charge in [-0.2, -0.15) is 0 Å². The number of carbonyl (C=O) groups is 2. The van der Waals surface area contributed by atoms with E-state index in [4.69, 9.17) is 4.98 Å². The number of hydrogen-bond donors (Lipinski definition) is 2. The second-order valence-electron chi connectivity index (χ2n) is 8.14. The van der Waals surface area contributed by atoms with E-state index in [1.165, 1.54) is 5.56 Å². The highest BCUT2D eigenvalue weighted by molar-refractivity contribution is 5.92. The summed E-state index contributed by atoms with van der Waals surface area (Å²) in [6.45, 7) is 4.87. The summed E-state index contributed by atoms with van der Waals surface area (Å²) >= 11 is 0. The first kappa shape index (κ1) is 20.1. The van der Waals surface area contributed by atoms with Gasteiger partial charge in [-0.15, -0.1) is 0 Å². The van der Waals surface area contributed by atoms with Crippen molar-refractivity contribution < 1.29 is 9.59 Å². The highest BCUT2D eigenvalue weighted by atomic mass is 16.2. The number of amides is 2. The zero-order valence-electron chi connectivity index (χ0n) is 17.6. The van der Waals surface area contributed by atoms with Crippen molar-refractivity contribution in [2.75, 3.05) is 11.9 Å². The fraction of sp³-hybridized carbons (Fsp3) is 0.375. The molecule has 0 aliphatic heterocycles. The Morgan fingerprint density at radius 1 is 1.13 bits per heavy atom. The normalized spacial score (nSPS) is 13.4. The molecule has 4 rings (SSSR count). The van der Waals surface area contributed by atoms with Gasteiger partial charge in [-0.1, -0.05) is 29.8 Å². The van der Waals surface area contributed by atoms with Gasteiger partial charge in [0.1, 0.15) is 12.4 Å². The molecule has 0 radical (unpaired) electrons. The standard InChI is InChI=1S/C24H28N4O2/c1-16-9-12-19(17(2)14-16)27-23(29)15-28-21-7-4-3-6-20(21)26-22(28)8-5-13-25-24(30)18-10-11-18/h3-4,6-7,9,12,14,18H,5,8,10-11,13,15H2,1-2H3,(H,25,30)(H,27,29). The van der Waals surface area contributed by atoms with Gasteiger partial charge in [-0.05, 0) is 56.9 Å². The summed E-state index contributed by atoms with van der Waals surface area (Å²) in [5, 5.41) is 6.02. The molecule has 30 heavy (non-hydrogen) atoms. The molecule has 0 spiro atoms. The van der Waals surface area contributed by atoms with Crippen LogP contribution in [0.4, 0.5) is 5.69 Å². The Hall–Kier alpha value is -3.15. The van der Waals surface area contributed by atoms with Gasteiger partial charge in [0.05, 0.1) is 11.0 Å². The molecule has 1 saturated carbocycles. The molecular formula is C24H28N4O2. The molecule has 1 aromatic heterocycles. The second kappa shape index (κ2) is 8.69. The van der Waals surface area contributed by atoms with Crippen LogP contribution in [0.15, 0.2) is 42.5 Å². The monoisotopic (exact) mass is 404 g/mol. The molecule has 2 N–H and O–H groups in total. The highest BCUT2D eigenvalue weighted by Crippen LogP contribution is 2.28. The Kier molecular flexibility index (Phi) is 5.84. The van der Waals surface area contributed by atoms with Gasteiger partial charge in [0.15, 0.2) is 0 Å². The first-order valence-electron chi connectivity index (χ1n) is 10.6. The average Bonchev–Trinajstić information content (AvgIpc) is 3.51. The Morgan fingerprint density at radius 2 is 1.93 bits per heavy atom. The number of aryl methyl sites for hydroxylation is 3. The molecule has 2 amide bonds. The van der Waals surface area contributed by atoms with Crippen molar-refractivity contribution in [2.24, 2.45) is 5.92 Å². The smallest absolute Gasteiger partial charge is 0.244 e. The van der Waals surface area contributed by atoms with Crippen LogP contribution in [0.3, 0.4) is 0 Å². The van der Waals surface area contributed by atoms with Crippen LogP contribution < -0.4 is 10.6 Å². The molecular weight excluding hydrogens is 376 g/mol. The molecule has 0 saturated heterocycles. The summed E-state index contributed by atoms with van der Waals surface area (Å²) in [5.74, 6) is 1.18. The van der Waals surface area contributed by atoms with E-state index in [1.807, 2.05) is 54.8 Å². The van der Waals surface area contributed by atoms with E-state index in [-0.39, 0.29) is 24.3 Å². The minimum Gasteiger partial charge on any atom is -0.356 e. The number of hydrogen-bond acceptors (Lipinski definition) is 3. The Balaban J connectivity index is 1.45. The van der Waals surface area contributed by atoms with Gasteiger partial charge in [-0.3, -0.25) is 9.59 Å². The van der Waals surface area contributed by atoms with Crippen LogP contribution in [-0.2, 0) is 22.6 Å². The third-order valence-electron chi connectivity index (χ3n) is 5.52. The van der Waals surface area contributed by atoms with E-state index in [9.17, 15) is 9.59 Å². The van der Waals surface area contributed by atoms with Crippen molar-refractivity contribution in [3.05, 3.63) is 59.4 Å². The summed E-state index contributed by atoms with van der Waals surface area (Å²) in [5.41, 5.74) is 4.88. The number of nitrogens with zero attached hydrogens (tertiary/aromatic N) is 2. The fourth-order valence-corrected chi connectivity index (χ4v) is 3.73. The molecule has 6 nitrogen and oxygen atoms in total. The number of fused-ring (bicyclic) bond motifs is 1. The quantitative estimate of drug-likeness (QED) is 0.562. The lowest BCUT2D eigenvalue weighted by Gasteiger charge is -2.12. The van der Waals surface area contributed by atoms with E-state index >= 15 is 0 Å². The number of imidazole rings is 1. The van der Waals surface area contributed by atoms with Gasteiger partial charge in [-0.25, -0.2) is 4.98 Å². The third kappa shape index (κ3) is 4.70. The van der Waals surface area contributed by atoms with Crippen molar-refractivity contribution in [2.45, 2.75) is 46.1 Å². The minimum absolute atomic E-state index is 0.0756. The highest BCUT2D eigenvalue weighted by Gasteiger charge is 2.29. The summed E-state index contributed by atoms with van der Waals surface area (Å²) in [6.07, 6.45) is 3.52. The lowest BCUT2D eigenvalue weighted by atomic mass is 10.1. The van der Waals surface area contributed by atoms with Crippen LogP contribution in [0.2, 0.25) is 0 Å². The minimum atomic E-state index is -0.0756. The zero-order chi connectivity index (χ0) is 21.1. The average molecular weight is 405 g/mol. The van der Waals surface area contributed by atoms with Gasteiger partial charge in [0.25, 0.3) is 0 Å². The van der Waals surface area contributed by atoms with Crippen molar-refractivity contribution in [3.8, 4) is 0 Å². The second-order valence-corrected chi connectivity index (χ2v) is 8.14. The van der Waals surface area contributed by atoms with Crippen LogP contribution in [0, 0.1) is 19.8 Å². The molecule has 0 bridgehead atoms. The van der Waals surface area contributed by atoms with Crippen molar-refractivity contribution in [1.29, 1.82) is 0 Å². The number of nitrogens with one attached hydrogen (secondary N) is 2. The number of anilines is 1. The van der Waals surface area contributed by atoms with Crippen LogP contribution in [0.1, 0.15) is 36.2 Å². The lowest BCUT2D eigenvalue weighted by molar-refractivity contribution is -0.122. The lowest BCUT2D eigenvalue weighted by Crippen LogP contribution is -2.26. The van der Waals surface area contributed by atoms with E-state index < -0.39 is 0 Å². The number of para-hydroxylation sites is 2. The number of benzene rings is 2. The van der Waals surface area contributed by atoms with Gasteiger partial charge in [0.2, 0.25) is 11.8 Å². The van der Waals surface area contributed by atoms with Crippen molar-refractivity contribution in [1.82, 2.24) is 14.9 Å². The molecule has 0 unspecified atom stereocenters. The molecule has 1 aliphatic carbocycles. The maximum absolute atomic E-state index is 12.8. The van der Waals surface area contributed by atoms with E-state index in [1.54, 1.807) is 0 Å². The Labute approximate surface area is 176 Å². The summed E-state index contributed by atoms with van der Waals surface area (Å²) in [6, 6.07) is 13.9. The Morgan fingerprint density at radius 3 is 2.70 bits per heavy atom. The summed E-state index contributed by atoms with van der Waals surface area (Å²) in [4.78, 5) is 29.3. The fourth-order valence-electron chi connectivity index (χ4n) is 3.73. The maximum atomic E-state index is 12.8. The van der Waals surface area contributed by atoms with Crippen LogP contribution in [0.5, 0.6) is 0 Å². The first-order valence-corrected chi connectivity index (χ1v) is 10.6. The number of aromatic nitrogens is 2. The maximum Gasteiger partial charge on any atom is 0.244 e. The van der Waals surface area contributed by atoms with E-state index in [2.05, 4.69) is 16.7 Å². The molecule has 156 valence electrons. The topological polar surface area (TPSA) is 76.0 Å². The van der Waals surface area contributed by atoms with Crippen molar-refractivity contribution >= 4 is 28.5 Å². The molecule has 1 aliphatic rings. The third-order valence-corrected chi connectivity index (χ3v) is 5.52. The van der Waals surface area contributed by atoms with Gasteiger partial charge < -0.3 is 15.2 Å². The molecule has 1 heterocycles. The van der Waals surface area contributed by atoms with Gasteiger partial charge >= 0.3 is 0 Å². The predicted molar refractivity (Wildman–Crippen MR) is 118 cm³/mol. The van der Waals surface area contributed by atoms with Gasteiger partial charge in [0, 0.05) is 24.6 Å². The van der Waals surface area contributed by atoms with E-state index in [0.717, 1.165) is 47.4 Å². The molecule has 0 atom stereocenters. The van der Waals surface area contributed by atoms with Crippen LogP contribution >= 0.6 is 0 Å². The summed E-state index contributed by atoms with van der Waals surface area (Å²) < 4.78 is 1.98. The molecule has 1 fully saturated rings. The largest absolute Gasteiger partial charge is 0.356 e. The SMILES string of the molecule is Cc1ccc(NC(=O)Cn2c(CCCNC(=O)C3CC3)nc3ccccc32)c(C)c1. The first-order chi connectivity index (χ1) is 14.5. The number of rotatable bonds is 8.